The van der Waals surface area contributed by atoms with Crippen molar-refractivity contribution >= 4 is 12.0 Å². The first-order valence-electron chi connectivity index (χ1n) is 9.98. The summed E-state index contributed by atoms with van der Waals surface area (Å²) in [4.78, 5) is 25.6. The summed E-state index contributed by atoms with van der Waals surface area (Å²) < 4.78 is 2.13. The van der Waals surface area contributed by atoms with E-state index in [-0.39, 0.29) is 12.1 Å². The minimum Gasteiger partial charge on any atom is -0.481 e. The van der Waals surface area contributed by atoms with E-state index in [4.69, 9.17) is 5.10 Å². The summed E-state index contributed by atoms with van der Waals surface area (Å²) >= 11 is 0. The summed E-state index contributed by atoms with van der Waals surface area (Å²) in [5, 5.41) is 17.2. The summed E-state index contributed by atoms with van der Waals surface area (Å²) in [5.41, 5.74) is 2.28. The number of hydrogen-bond acceptors (Lipinski definition) is 3. The molecule has 7 heteroatoms. The van der Waals surface area contributed by atoms with Crippen LogP contribution in [0, 0.1) is 5.92 Å². The molecule has 2 heterocycles. The van der Waals surface area contributed by atoms with Crippen LogP contribution in [0.5, 0.6) is 0 Å². The summed E-state index contributed by atoms with van der Waals surface area (Å²) in [7, 11) is 0. The number of hydrogen-bond donors (Lipinski definition) is 2. The third-order valence-corrected chi connectivity index (χ3v) is 6.16. The van der Waals surface area contributed by atoms with Gasteiger partial charge in [-0.1, -0.05) is 12.8 Å². The zero-order chi connectivity index (χ0) is 18.1. The maximum atomic E-state index is 12.7. The fraction of sp³-hybridized carbons (Fsp3) is 0.737. The van der Waals surface area contributed by atoms with Crippen molar-refractivity contribution in [3.05, 3.63) is 17.5 Å². The highest BCUT2D eigenvalue weighted by molar-refractivity contribution is 5.77. The molecule has 1 saturated carbocycles. The topological polar surface area (TPSA) is 87.5 Å². The van der Waals surface area contributed by atoms with Gasteiger partial charge in [0, 0.05) is 19.3 Å². The maximum Gasteiger partial charge on any atom is 0.317 e. The van der Waals surface area contributed by atoms with Crippen molar-refractivity contribution in [2.24, 2.45) is 5.92 Å². The van der Waals surface area contributed by atoms with Crippen molar-refractivity contribution in [3.8, 4) is 0 Å². The Hall–Kier alpha value is -2.05. The molecule has 2 aliphatic carbocycles. The molecule has 0 radical (unpaired) electrons. The molecule has 2 amide bonds. The van der Waals surface area contributed by atoms with E-state index < -0.39 is 11.9 Å². The summed E-state index contributed by atoms with van der Waals surface area (Å²) in [6.45, 7) is 0.933. The number of piperidine rings is 1. The standard InChI is InChI=1S/C19H28N4O3/c24-18(25)14-6-4-10-22(11-14)19(26)20-16-9-3-5-13-12-23(21-17(13)16)15-7-1-2-8-15/h12,14-16H,1-11H2,(H,20,26)(H,24,25). The number of amides is 2. The van der Waals surface area contributed by atoms with Crippen molar-refractivity contribution < 1.29 is 14.7 Å². The van der Waals surface area contributed by atoms with Crippen LogP contribution in [0.1, 0.15) is 74.7 Å². The van der Waals surface area contributed by atoms with Gasteiger partial charge in [-0.2, -0.15) is 5.10 Å². The molecule has 0 aromatic carbocycles. The monoisotopic (exact) mass is 360 g/mol. The van der Waals surface area contributed by atoms with Gasteiger partial charge in [-0.3, -0.25) is 9.48 Å². The number of rotatable bonds is 3. The Morgan fingerprint density at radius 3 is 2.69 bits per heavy atom. The van der Waals surface area contributed by atoms with Gasteiger partial charge in [0.15, 0.2) is 0 Å². The molecule has 2 unspecified atom stereocenters. The number of aliphatic carboxylic acids is 1. The number of carbonyl (C=O) groups is 2. The molecule has 2 fully saturated rings. The van der Waals surface area contributed by atoms with E-state index in [1.165, 1.54) is 31.2 Å². The van der Waals surface area contributed by atoms with Crippen LogP contribution in [0.3, 0.4) is 0 Å². The van der Waals surface area contributed by atoms with Crippen molar-refractivity contribution in [1.82, 2.24) is 20.0 Å². The lowest BCUT2D eigenvalue weighted by molar-refractivity contribution is -0.143. The van der Waals surface area contributed by atoms with Crippen LogP contribution in [0.4, 0.5) is 4.79 Å². The van der Waals surface area contributed by atoms with Crippen LogP contribution >= 0.6 is 0 Å². The van der Waals surface area contributed by atoms with Crippen molar-refractivity contribution in [2.45, 2.75) is 69.9 Å². The van der Waals surface area contributed by atoms with Crippen LogP contribution in [0.2, 0.25) is 0 Å². The van der Waals surface area contributed by atoms with Gasteiger partial charge in [-0.15, -0.1) is 0 Å². The normalized spacial score (nSPS) is 26.5. The van der Waals surface area contributed by atoms with E-state index in [1.54, 1.807) is 4.90 Å². The molecule has 2 N–H and O–H groups in total. The first-order chi connectivity index (χ1) is 12.6. The second-order valence-corrected chi connectivity index (χ2v) is 7.98. The van der Waals surface area contributed by atoms with Crippen LogP contribution in [0.15, 0.2) is 6.20 Å². The second-order valence-electron chi connectivity index (χ2n) is 7.98. The van der Waals surface area contributed by atoms with Gasteiger partial charge in [0.25, 0.3) is 0 Å². The van der Waals surface area contributed by atoms with Gasteiger partial charge in [0.05, 0.1) is 23.7 Å². The number of carboxylic acids is 1. The lowest BCUT2D eigenvalue weighted by Crippen LogP contribution is -2.48. The van der Waals surface area contributed by atoms with E-state index in [0.29, 0.717) is 25.6 Å². The van der Waals surface area contributed by atoms with E-state index in [9.17, 15) is 14.7 Å². The highest BCUT2D eigenvalue weighted by Crippen LogP contribution is 2.34. The van der Waals surface area contributed by atoms with Crippen LogP contribution < -0.4 is 5.32 Å². The van der Waals surface area contributed by atoms with Crippen molar-refractivity contribution in [3.63, 3.8) is 0 Å². The Morgan fingerprint density at radius 1 is 1.12 bits per heavy atom. The molecular formula is C19H28N4O3. The van der Waals surface area contributed by atoms with Gasteiger partial charge in [-0.05, 0) is 50.5 Å². The predicted molar refractivity (Wildman–Crippen MR) is 95.9 cm³/mol. The Balaban J connectivity index is 1.44. The molecule has 0 spiro atoms. The molecule has 26 heavy (non-hydrogen) atoms. The first kappa shape index (κ1) is 17.4. The number of nitrogens with one attached hydrogen (secondary N) is 1. The molecule has 1 aromatic heterocycles. The third-order valence-electron chi connectivity index (χ3n) is 6.16. The number of aromatic nitrogens is 2. The number of carboxylic acid groups (broad SMARTS) is 1. The van der Waals surface area contributed by atoms with Gasteiger partial charge in [-0.25, -0.2) is 4.79 Å². The van der Waals surface area contributed by atoms with Gasteiger partial charge < -0.3 is 15.3 Å². The third kappa shape index (κ3) is 3.44. The Labute approximate surface area is 153 Å². The Bertz CT molecular complexity index is 680. The average Bonchev–Trinajstić information content (AvgIpc) is 3.31. The number of fused-ring (bicyclic) bond motifs is 1. The van der Waals surface area contributed by atoms with E-state index >= 15 is 0 Å². The molecular weight excluding hydrogens is 332 g/mol. The molecule has 1 saturated heterocycles. The average molecular weight is 360 g/mol. The largest absolute Gasteiger partial charge is 0.481 e. The fourth-order valence-electron chi connectivity index (χ4n) is 4.66. The minimum atomic E-state index is -0.808. The molecule has 3 aliphatic rings. The lowest BCUT2D eigenvalue weighted by Gasteiger charge is -2.32. The van der Waals surface area contributed by atoms with E-state index in [2.05, 4.69) is 16.2 Å². The quantitative estimate of drug-likeness (QED) is 0.868. The molecule has 1 aliphatic heterocycles. The molecule has 142 valence electrons. The lowest BCUT2D eigenvalue weighted by atomic mass is 9.93. The van der Waals surface area contributed by atoms with E-state index in [1.807, 2.05) is 0 Å². The summed E-state index contributed by atoms with van der Waals surface area (Å²) in [6, 6.07) is 0.304. The highest BCUT2D eigenvalue weighted by Gasteiger charge is 2.32. The zero-order valence-corrected chi connectivity index (χ0v) is 15.2. The number of urea groups is 1. The molecule has 7 nitrogen and oxygen atoms in total. The number of likely N-dealkylation sites (tertiary alicyclic amines) is 1. The molecule has 1 aromatic rings. The Morgan fingerprint density at radius 2 is 1.92 bits per heavy atom. The number of nitrogens with zero attached hydrogens (tertiary/aromatic N) is 3. The highest BCUT2D eigenvalue weighted by atomic mass is 16.4. The van der Waals surface area contributed by atoms with Crippen LogP contribution in [-0.4, -0.2) is 44.9 Å². The molecule has 4 rings (SSSR count). The predicted octanol–water partition coefficient (Wildman–Crippen LogP) is 2.88. The Kier molecular flexibility index (Phi) is 4.87. The minimum absolute atomic E-state index is 0.0564. The maximum absolute atomic E-state index is 12.7. The van der Waals surface area contributed by atoms with Crippen LogP contribution in [-0.2, 0) is 11.2 Å². The second kappa shape index (κ2) is 7.29. The SMILES string of the molecule is O=C(O)C1CCCN(C(=O)NC2CCCc3cn(C4CCCC4)nc32)C1. The van der Waals surface area contributed by atoms with Crippen molar-refractivity contribution in [2.75, 3.05) is 13.1 Å². The fourth-order valence-corrected chi connectivity index (χ4v) is 4.66. The van der Waals surface area contributed by atoms with Crippen LogP contribution in [0.25, 0.3) is 0 Å². The smallest absolute Gasteiger partial charge is 0.317 e. The summed E-state index contributed by atoms with van der Waals surface area (Å²) in [5.74, 6) is -1.25. The van der Waals surface area contributed by atoms with Gasteiger partial charge in [0.2, 0.25) is 0 Å². The van der Waals surface area contributed by atoms with Gasteiger partial charge >= 0.3 is 12.0 Å². The van der Waals surface area contributed by atoms with Gasteiger partial charge in [0.1, 0.15) is 0 Å². The van der Waals surface area contributed by atoms with Crippen molar-refractivity contribution in [1.29, 1.82) is 0 Å². The molecule has 0 bridgehead atoms. The number of aryl methyl sites for hydroxylation is 1. The number of carbonyl (C=O) groups excluding carboxylic acids is 1. The van der Waals surface area contributed by atoms with E-state index in [0.717, 1.165) is 31.4 Å². The summed E-state index contributed by atoms with van der Waals surface area (Å²) in [6.07, 6.45) is 11.5. The first-order valence-corrected chi connectivity index (χ1v) is 9.98. The molecule has 2 atom stereocenters. The zero-order valence-electron chi connectivity index (χ0n) is 15.2.